The second-order valence-electron chi connectivity index (χ2n) is 6.42. The van der Waals surface area contributed by atoms with Gasteiger partial charge in [0.05, 0.1) is 28.1 Å². The Morgan fingerprint density at radius 1 is 1.21 bits per heavy atom. The van der Waals surface area contributed by atoms with E-state index in [-0.39, 0.29) is 16.1 Å². The highest BCUT2D eigenvalue weighted by molar-refractivity contribution is 6.33. The summed E-state index contributed by atoms with van der Waals surface area (Å²) in [5, 5.41) is 20.5. The van der Waals surface area contributed by atoms with Gasteiger partial charge in [-0.05, 0) is 31.2 Å². The lowest BCUT2D eigenvalue weighted by Crippen LogP contribution is -2.17. The number of carboxylic acids is 1. The average molecular weight is 407 g/mol. The molecule has 0 aliphatic carbocycles. The summed E-state index contributed by atoms with van der Waals surface area (Å²) in [7, 11) is 0. The number of aryl methyl sites for hydroxylation is 1. The topological polar surface area (TPSA) is 99.8 Å². The third-order valence-corrected chi connectivity index (χ3v) is 4.86. The first-order chi connectivity index (χ1) is 14.0. The van der Waals surface area contributed by atoms with Crippen LogP contribution in [0.2, 0.25) is 5.02 Å². The number of aromatic carboxylic acids is 1. The molecule has 4 rings (SSSR count). The number of rotatable bonds is 4. The van der Waals surface area contributed by atoms with E-state index in [2.05, 4.69) is 15.3 Å². The maximum absolute atomic E-state index is 13.0. The second-order valence-corrected chi connectivity index (χ2v) is 6.83. The molecule has 7 nitrogen and oxygen atoms in total. The molecule has 3 aromatic rings. The highest BCUT2D eigenvalue weighted by Crippen LogP contribution is 2.21. The summed E-state index contributed by atoms with van der Waals surface area (Å²) in [6.07, 6.45) is 3.32. The number of hydrogen-bond donors (Lipinski definition) is 2. The highest BCUT2D eigenvalue weighted by atomic mass is 35.5. The SMILES string of the molecule is Cc1[nH]n(-c2ccc(Cl)c(C(=O)O)c2)c(=O)c1C=C1C=NN=C1c1ccccc1. The van der Waals surface area contributed by atoms with E-state index in [9.17, 15) is 14.7 Å². The van der Waals surface area contributed by atoms with Gasteiger partial charge in [-0.1, -0.05) is 41.9 Å². The lowest BCUT2D eigenvalue weighted by atomic mass is 10.0. The van der Waals surface area contributed by atoms with E-state index in [1.807, 2.05) is 30.3 Å². The van der Waals surface area contributed by atoms with Crippen molar-refractivity contribution < 1.29 is 9.90 Å². The first-order valence-electron chi connectivity index (χ1n) is 8.69. The van der Waals surface area contributed by atoms with Crippen LogP contribution in [-0.2, 0) is 0 Å². The molecule has 0 amide bonds. The molecular weight excluding hydrogens is 392 g/mol. The number of hydrogen-bond acceptors (Lipinski definition) is 4. The van der Waals surface area contributed by atoms with Gasteiger partial charge in [-0.25, -0.2) is 9.48 Å². The van der Waals surface area contributed by atoms with Crippen molar-refractivity contribution in [3.8, 4) is 5.69 Å². The molecule has 0 fully saturated rings. The lowest BCUT2D eigenvalue weighted by molar-refractivity contribution is 0.0697. The number of allylic oxidation sites excluding steroid dienone is 1. The summed E-state index contributed by atoms with van der Waals surface area (Å²) < 4.78 is 1.29. The van der Waals surface area contributed by atoms with Gasteiger partial charge in [0.1, 0.15) is 5.71 Å². The maximum Gasteiger partial charge on any atom is 0.337 e. The first kappa shape index (κ1) is 18.6. The molecular formula is C21H15ClN4O3. The lowest BCUT2D eigenvalue weighted by Gasteiger charge is -2.04. The van der Waals surface area contributed by atoms with Gasteiger partial charge in [0.25, 0.3) is 5.56 Å². The van der Waals surface area contributed by atoms with Crippen LogP contribution in [0.3, 0.4) is 0 Å². The van der Waals surface area contributed by atoms with E-state index in [1.165, 1.54) is 16.8 Å². The third kappa shape index (κ3) is 3.43. The van der Waals surface area contributed by atoms with Gasteiger partial charge < -0.3 is 5.11 Å². The van der Waals surface area contributed by atoms with E-state index in [0.29, 0.717) is 28.2 Å². The number of halogens is 1. The summed E-state index contributed by atoms with van der Waals surface area (Å²) in [6, 6.07) is 14.0. The molecule has 1 aliphatic rings. The van der Waals surface area contributed by atoms with Crippen molar-refractivity contribution in [2.75, 3.05) is 0 Å². The predicted molar refractivity (Wildman–Crippen MR) is 113 cm³/mol. The molecule has 2 aromatic carbocycles. The van der Waals surface area contributed by atoms with Crippen LogP contribution < -0.4 is 5.56 Å². The normalized spacial score (nSPS) is 14.4. The summed E-state index contributed by atoms with van der Waals surface area (Å²) in [4.78, 5) is 24.4. The van der Waals surface area contributed by atoms with Gasteiger partial charge in [0.2, 0.25) is 0 Å². The van der Waals surface area contributed by atoms with Gasteiger partial charge >= 0.3 is 5.97 Å². The zero-order valence-corrected chi connectivity index (χ0v) is 16.0. The second kappa shape index (κ2) is 7.37. The largest absolute Gasteiger partial charge is 0.478 e. The Hall–Kier alpha value is -3.71. The van der Waals surface area contributed by atoms with Crippen molar-refractivity contribution in [1.29, 1.82) is 0 Å². The molecule has 144 valence electrons. The van der Waals surface area contributed by atoms with Crippen LogP contribution >= 0.6 is 11.6 Å². The number of nitrogens with one attached hydrogen (secondary N) is 1. The van der Waals surface area contributed by atoms with Crippen LogP contribution in [0.25, 0.3) is 11.8 Å². The highest BCUT2D eigenvalue weighted by Gasteiger charge is 2.18. The van der Waals surface area contributed by atoms with E-state index in [1.54, 1.807) is 25.3 Å². The van der Waals surface area contributed by atoms with E-state index < -0.39 is 5.97 Å². The Labute approximate surface area is 170 Å². The van der Waals surface area contributed by atoms with Gasteiger partial charge in [-0.2, -0.15) is 5.10 Å². The molecule has 0 radical (unpaired) electrons. The minimum atomic E-state index is -1.17. The third-order valence-electron chi connectivity index (χ3n) is 4.53. The molecule has 0 saturated carbocycles. The Kier molecular flexibility index (Phi) is 4.74. The number of aromatic nitrogens is 2. The predicted octanol–water partition coefficient (Wildman–Crippen LogP) is 3.70. The van der Waals surface area contributed by atoms with Crippen molar-refractivity contribution in [3.05, 3.63) is 91.9 Å². The summed E-state index contributed by atoms with van der Waals surface area (Å²) in [5.41, 5.74) is 3.33. The van der Waals surface area contributed by atoms with Crippen molar-refractivity contribution in [2.45, 2.75) is 6.92 Å². The van der Waals surface area contributed by atoms with Crippen LogP contribution in [0, 0.1) is 6.92 Å². The average Bonchev–Trinajstić information content (AvgIpc) is 3.29. The zero-order chi connectivity index (χ0) is 20.5. The van der Waals surface area contributed by atoms with E-state index in [0.717, 1.165) is 5.56 Å². The molecule has 0 spiro atoms. The van der Waals surface area contributed by atoms with Crippen LogP contribution in [0.4, 0.5) is 0 Å². The zero-order valence-electron chi connectivity index (χ0n) is 15.3. The molecule has 0 bridgehead atoms. The Morgan fingerprint density at radius 2 is 1.97 bits per heavy atom. The van der Waals surface area contributed by atoms with Crippen LogP contribution in [0.1, 0.15) is 27.2 Å². The van der Waals surface area contributed by atoms with Gasteiger partial charge in [0, 0.05) is 16.8 Å². The van der Waals surface area contributed by atoms with E-state index in [4.69, 9.17) is 11.6 Å². The molecule has 1 aromatic heterocycles. The standard InChI is InChI=1S/C21H15ClN4O3/c1-12-16(9-14-11-23-24-19(14)13-5-3-2-4-6-13)20(27)26(25-12)15-7-8-18(22)17(10-15)21(28)29/h2-11,25H,1H3,(H,28,29). The van der Waals surface area contributed by atoms with Crippen LogP contribution in [-0.4, -0.2) is 32.8 Å². The van der Waals surface area contributed by atoms with Crippen molar-refractivity contribution in [3.63, 3.8) is 0 Å². The Bertz CT molecular complexity index is 1270. The number of benzene rings is 2. The summed E-state index contributed by atoms with van der Waals surface area (Å²) >= 11 is 5.93. The Morgan fingerprint density at radius 3 is 2.69 bits per heavy atom. The molecule has 8 heteroatoms. The number of aromatic amines is 1. The van der Waals surface area contributed by atoms with Crippen molar-refractivity contribution >= 4 is 35.6 Å². The smallest absolute Gasteiger partial charge is 0.337 e. The quantitative estimate of drug-likeness (QED) is 0.690. The first-order valence-corrected chi connectivity index (χ1v) is 9.07. The molecule has 0 unspecified atom stereocenters. The monoisotopic (exact) mass is 406 g/mol. The Balaban J connectivity index is 1.78. The van der Waals surface area contributed by atoms with Gasteiger partial charge in [-0.15, -0.1) is 5.10 Å². The number of carboxylic acid groups (broad SMARTS) is 1. The summed E-state index contributed by atoms with van der Waals surface area (Å²) in [6.45, 7) is 1.77. The van der Waals surface area contributed by atoms with E-state index >= 15 is 0 Å². The van der Waals surface area contributed by atoms with Gasteiger partial charge in [0.15, 0.2) is 0 Å². The molecule has 1 aliphatic heterocycles. The fourth-order valence-corrected chi connectivity index (χ4v) is 3.28. The molecule has 29 heavy (non-hydrogen) atoms. The number of carbonyl (C=O) groups is 1. The maximum atomic E-state index is 13.0. The van der Waals surface area contributed by atoms with Gasteiger partial charge in [-0.3, -0.25) is 9.89 Å². The number of H-pyrrole nitrogens is 1. The van der Waals surface area contributed by atoms with Crippen LogP contribution in [0.5, 0.6) is 0 Å². The minimum Gasteiger partial charge on any atom is -0.478 e. The number of nitrogens with zero attached hydrogens (tertiary/aromatic N) is 3. The molecule has 0 atom stereocenters. The fraction of sp³-hybridized carbons (Fsp3) is 0.0476. The summed E-state index contributed by atoms with van der Waals surface area (Å²) in [5.74, 6) is -1.17. The minimum absolute atomic E-state index is 0.0790. The van der Waals surface area contributed by atoms with Crippen LogP contribution in [0.15, 0.2) is 69.1 Å². The molecule has 0 saturated heterocycles. The fourth-order valence-electron chi connectivity index (χ4n) is 3.08. The van der Waals surface area contributed by atoms with Crippen molar-refractivity contribution in [2.24, 2.45) is 10.2 Å². The molecule has 2 heterocycles. The molecule has 2 N–H and O–H groups in total. The van der Waals surface area contributed by atoms with Crippen molar-refractivity contribution in [1.82, 2.24) is 9.78 Å².